The SMILES string of the molecule is COCCN1C(=O)[C@@H](Cc2cc(Br)c(OC)cc2OC)SC1=S. The van der Waals surface area contributed by atoms with Crippen LogP contribution in [0.4, 0.5) is 0 Å². The molecular formula is C15H18BrNO4S2. The van der Waals surface area contributed by atoms with Crippen LogP contribution in [0.2, 0.25) is 0 Å². The van der Waals surface area contributed by atoms with Crippen molar-refractivity contribution in [3.63, 3.8) is 0 Å². The quantitative estimate of drug-likeness (QED) is 0.633. The van der Waals surface area contributed by atoms with Gasteiger partial charge in [0.05, 0.1) is 37.1 Å². The molecule has 1 amide bonds. The number of rotatable bonds is 7. The van der Waals surface area contributed by atoms with Gasteiger partial charge in [0.15, 0.2) is 0 Å². The zero-order chi connectivity index (χ0) is 17.0. The van der Waals surface area contributed by atoms with Crippen molar-refractivity contribution in [3.05, 3.63) is 22.2 Å². The predicted molar refractivity (Wildman–Crippen MR) is 98.5 cm³/mol. The fraction of sp³-hybridized carbons (Fsp3) is 0.467. The average Bonchev–Trinajstić information content (AvgIpc) is 2.79. The molecule has 0 N–H and O–H groups in total. The number of amides is 1. The van der Waals surface area contributed by atoms with Gasteiger partial charge in [0.25, 0.3) is 0 Å². The minimum atomic E-state index is -0.242. The lowest BCUT2D eigenvalue weighted by Crippen LogP contribution is -2.34. The van der Waals surface area contributed by atoms with Gasteiger partial charge in [-0.15, -0.1) is 0 Å². The molecule has 5 nitrogen and oxygen atoms in total. The lowest BCUT2D eigenvalue weighted by Gasteiger charge is -2.16. The van der Waals surface area contributed by atoms with E-state index < -0.39 is 0 Å². The van der Waals surface area contributed by atoms with Crippen molar-refractivity contribution in [1.82, 2.24) is 4.90 Å². The lowest BCUT2D eigenvalue weighted by atomic mass is 10.1. The monoisotopic (exact) mass is 419 g/mol. The standard InChI is InChI=1S/C15H18BrNO4S2/c1-19-5-4-17-14(18)13(23-15(17)22)7-9-6-10(16)12(21-3)8-11(9)20-2/h6,8,13H,4-5,7H2,1-3H3/t13-/m1/s1. The van der Waals surface area contributed by atoms with Crippen molar-refractivity contribution < 1.29 is 19.0 Å². The highest BCUT2D eigenvalue weighted by molar-refractivity contribution is 9.10. The molecule has 1 aromatic rings. The van der Waals surface area contributed by atoms with Crippen LogP contribution in [0, 0.1) is 0 Å². The van der Waals surface area contributed by atoms with E-state index in [2.05, 4.69) is 15.9 Å². The Morgan fingerprint density at radius 1 is 1.26 bits per heavy atom. The molecule has 2 rings (SSSR count). The summed E-state index contributed by atoms with van der Waals surface area (Å²) in [6.45, 7) is 0.956. The summed E-state index contributed by atoms with van der Waals surface area (Å²) >= 11 is 10.2. The number of thiocarbonyl (C=S) groups is 1. The smallest absolute Gasteiger partial charge is 0.242 e. The number of hydrogen-bond acceptors (Lipinski definition) is 6. The van der Waals surface area contributed by atoms with Crippen molar-refractivity contribution in [1.29, 1.82) is 0 Å². The van der Waals surface area contributed by atoms with Gasteiger partial charge in [-0.3, -0.25) is 9.69 Å². The van der Waals surface area contributed by atoms with Gasteiger partial charge in [-0.1, -0.05) is 24.0 Å². The number of thioether (sulfide) groups is 1. The van der Waals surface area contributed by atoms with Gasteiger partial charge in [0.1, 0.15) is 15.8 Å². The summed E-state index contributed by atoms with van der Waals surface area (Å²) < 4.78 is 17.1. The lowest BCUT2D eigenvalue weighted by molar-refractivity contribution is -0.126. The third-order valence-electron chi connectivity index (χ3n) is 3.48. The average molecular weight is 420 g/mol. The van der Waals surface area contributed by atoms with Crippen LogP contribution in [0.25, 0.3) is 0 Å². The van der Waals surface area contributed by atoms with E-state index in [4.69, 9.17) is 26.4 Å². The minimum absolute atomic E-state index is 0.0195. The topological polar surface area (TPSA) is 48.0 Å². The van der Waals surface area contributed by atoms with Gasteiger partial charge >= 0.3 is 0 Å². The fourth-order valence-electron chi connectivity index (χ4n) is 2.29. The Labute approximate surface area is 153 Å². The Morgan fingerprint density at radius 2 is 1.96 bits per heavy atom. The number of ether oxygens (including phenoxy) is 3. The molecule has 1 saturated heterocycles. The number of nitrogens with zero attached hydrogens (tertiary/aromatic N) is 1. The summed E-state index contributed by atoms with van der Waals surface area (Å²) in [6.07, 6.45) is 0.541. The van der Waals surface area contributed by atoms with Gasteiger partial charge in [0, 0.05) is 13.2 Å². The van der Waals surface area contributed by atoms with Crippen molar-refractivity contribution in [2.75, 3.05) is 34.5 Å². The maximum absolute atomic E-state index is 12.5. The largest absolute Gasteiger partial charge is 0.496 e. The van der Waals surface area contributed by atoms with E-state index in [1.165, 1.54) is 11.8 Å². The molecule has 1 aliphatic rings. The summed E-state index contributed by atoms with van der Waals surface area (Å²) in [6, 6.07) is 3.73. The third-order valence-corrected chi connectivity index (χ3v) is 5.69. The summed E-state index contributed by atoms with van der Waals surface area (Å²) in [5.41, 5.74) is 0.933. The molecule has 1 aliphatic heterocycles. The third kappa shape index (κ3) is 4.17. The first-order valence-electron chi connectivity index (χ1n) is 6.93. The number of carbonyl (C=O) groups is 1. The molecule has 1 heterocycles. The zero-order valence-electron chi connectivity index (χ0n) is 13.1. The van der Waals surface area contributed by atoms with E-state index in [1.54, 1.807) is 26.2 Å². The first-order valence-corrected chi connectivity index (χ1v) is 9.01. The molecule has 0 radical (unpaired) electrons. The number of halogens is 1. The first-order chi connectivity index (χ1) is 11.0. The predicted octanol–water partition coefficient (Wildman–Crippen LogP) is 2.88. The minimum Gasteiger partial charge on any atom is -0.496 e. The van der Waals surface area contributed by atoms with Gasteiger partial charge in [-0.25, -0.2) is 0 Å². The van der Waals surface area contributed by atoms with E-state index >= 15 is 0 Å². The number of hydrogen-bond donors (Lipinski definition) is 0. The second-order valence-electron chi connectivity index (χ2n) is 4.86. The molecule has 0 saturated carbocycles. The second kappa shape index (κ2) is 8.32. The number of benzene rings is 1. The van der Waals surface area contributed by atoms with E-state index in [0.29, 0.717) is 35.4 Å². The summed E-state index contributed by atoms with van der Waals surface area (Å²) in [5.74, 6) is 1.40. The van der Waals surface area contributed by atoms with Crippen molar-refractivity contribution in [2.24, 2.45) is 0 Å². The highest BCUT2D eigenvalue weighted by Crippen LogP contribution is 2.36. The van der Waals surface area contributed by atoms with Gasteiger partial charge in [-0.05, 0) is 34.0 Å². The molecule has 0 bridgehead atoms. The summed E-state index contributed by atoms with van der Waals surface area (Å²) in [5, 5.41) is -0.242. The number of methoxy groups -OCH3 is 3. The molecule has 0 aromatic heterocycles. The molecule has 0 unspecified atom stereocenters. The Balaban J connectivity index is 2.18. The fourth-order valence-corrected chi connectivity index (χ4v) is 4.42. The molecule has 1 aromatic carbocycles. The van der Waals surface area contributed by atoms with Crippen LogP contribution in [0.3, 0.4) is 0 Å². The maximum Gasteiger partial charge on any atom is 0.242 e. The van der Waals surface area contributed by atoms with E-state index in [1.807, 2.05) is 12.1 Å². The maximum atomic E-state index is 12.5. The van der Waals surface area contributed by atoms with Crippen molar-refractivity contribution in [2.45, 2.75) is 11.7 Å². The van der Waals surface area contributed by atoms with Gasteiger partial charge < -0.3 is 14.2 Å². The van der Waals surface area contributed by atoms with Crippen LogP contribution >= 0.6 is 39.9 Å². The molecule has 8 heteroatoms. The molecule has 1 fully saturated rings. The first kappa shape index (κ1) is 18.5. The molecule has 126 valence electrons. The Morgan fingerprint density at radius 3 is 2.57 bits per heavy atom. The molecule has 0 spiro atoms. The van der Waals surface area contributed by atoms with E-state index in [9.17, 15) is 4.79 Å². The van der Waals surface area contributed by atoms with Crippen molar-refractivity contribution in [3.8, 4) is 11.5 Å². The highest BCUT2D eigenvalue weighted by atomic mass is 79.9. The summed E-state index contributed by atoms with van der Waals surface area (Å²) in [7, 11) is 4.81. The van der Waals surface area contributed by atoms with Crippen LogP contribution in [0.1, 0.15) is 5.56 Å². The number of carbonyl (C=O) groups excluding carboxylic acids is 1. The normalized spacial score (nSPS) is 17.7. The van der Waals surface area contributed by atoms with Crippen molar-refractivity contribution >= 4 is 50.1 Å². The Kier molecular flexibility index (Phi) is 6.70. The second-order valence-corrected chi connectivity index (χ2v) is 7.55. The Bertz CT molecular complexity index is 611. The van der Waals surface area contributed by atoms with Crippen LogP contribution < -0.4 is 9.47 Å². The molecule has 23 heavy (non-hydrogen) atoms. The van der Waals surface area contributed by atoms with E-state index in [-0.39, 0.29) is 11.2 Å². The Hall–Kier alpha value is -0.830. The van der Waals surface area contributed by atoms with Crippen LogP contribution in [-0.4, -0.2) is 54.9 Å². The zero-order valence-corrected chi connectivity index (χ0v) is 16.3. The van der Waals surface area contributed by atoms with E-state index in [0.717, 1.165) is 10.0 Å². The van der Waals surface area contributed by atoms with Crippen LogP contribution in [0.5, 0.6) is 11.5 Å². The molecule has 0 aliphatic carbocycles. The summed E-state index contributed by atoms with van der Waals surface area (Å²) in [4.78, 5) is 14.1. The van der Waals surface area contributed by atoms with Crippen LogP contribution in [-0.2, 0) is 16.0 Å². The molecule has 1 atom stereocenters. The van der Waals surface area contributed by atoms with Gasteiger partial charge in [-0.2, -0.15) is 0 Å². The van der Waals surface area contributed by atoms with Gasteiger partial charge in [0.2, 0.25) is 5.91 Å². The molecular weight excluding hydrogens is 402 g/mol. The van der Waals surface area contributed by atoms with Crippen LogP contribution in [0.15, 0.2) is 16.6 Å². The highest BCUT2D eigenvalue weighted by Gasteiger charge is 2.37.